The molecule has 2 N–H and O–H groups in total. The minimum Gasteiger partial charge on any atom is -0.477 e. The smallest absolute Gasteiger partial charge is 0.310 e. The first-order valence-electron chi connectivity index (χ1n) is 7.01. The summed E-state index contributed by atoms with van der Waals surface area (Å²) in [7, 11) is 0. The van der Waals surface area contributed by atoms with Gasteiger partial charge in [0.15, 0.2) is 12.4 Å². The number of hydrogen-bond acceptors (Lipinski definition) is 6. The average molecular weight is 349 g/mol. The lowest BCUT2D eigenvalue weighted by atomic mass is 10.2. The van der Waals surface area contributed by atoms with Crippen LogP contribution in [0.1, 0.15) is 12.0 Å². The summed E-state index contributed by atoms with van der Waals surface area (Å²) in [4.78, 5) is 33.4. The Kier molecular flexibility index (Phi) is 6.26. The van der Waals surface area contributed by atoms with Gasteiger partial charge in [0.2, 0.25) is 5.91 Å². The van der Waals surface area contributed by atoms with Gasteiger partial charge in [0.05, 0.1) is 4.92 Å². The number of carbonyl (C=O) groups is 2. The minimum atomic E-state index is -0.614. The molecule has 0 aliphatic heterocycles. The van der Waals surface area contributed by atoms with Crippen LogP contribution in [0.2, 0.25) is 0 Å². The predicted octanol–water partition coefficient (Wildman–Crippen LogP) is 1.82. The third kappa shape index (κ3) is 5.36. The molecule has 0 radical (unpaired) electrons. The van der Waals surface area contributed by atoms with Crippen molar-refractivity contribution in [1.29, 1.82) is 0 Å². The molecule has 1 aromatic heterocycles. The van der Waals surface area contributed by atoms with Crippen LogP contribution in [-0.2, 0) is 16.0 Å². The van der Waals surface area contributed by atoms with Gasteiger partial charge in [-0.3, -0.25) is 30.6 Å². The number of nitrogens with zero attached hydrogens (tertiary/aromatic N) is 1. The Labute approximate surface area is 141 Å². The number of rotatable bonds is 7. The standard InChI is InChI=1S/C15H15N3O5S/c19-14(6-5-11-7-8-24-10-11)16-17-15(20)9-23-13-4-2-1-3-12(13)18(21)22/h1-4,7-8,10H,5-6,9H2,(H,16,19)(H,17,20). The highest BCUT2D eigenvalue weighted by Gasteiger charge is 2.15. The largest absolute Gasteiger partial charge is 0.477 e. The highest BCUT2D eigenvalue weighted by molar-refractivity contribution is 7.07. The fourth-order valence-corrected chi connectivity index (χ4v) is 2.51. The summed E-state index contributed by atoms with van der Waals surface area (Å²) in [5.41, 5.74) is 5.30. The molecule has 0 aliphatic rings. The predicted molar refractivity (Wildman–Crippen MR) is 87.5 cm³/mol. The fourth-order valence-electron chi connectivity index (χ4n) is 1.80. The number of para-hydroxylation sites is 2. The number of benzene rings is 1. The molecule has 126 valence electrons. The minimum absolute atomic E-state index is 0.0126. The van der Waals surface area contributed by atoms with E-state index in [1.54, 1.807) is 17.4 Å². The summed E-state index contributed by atoms with van der Waals surface area (Å²) < 4.78 is 5.11. The van der Waals surface area contributed by atoms with E-state index in [2.05, 4.69) is 10.9 Å². The van der Waals surface area contributed by atoms with Gasteiger partial charge in [-0.05, 0) is 34.9 Å². The normalized spacial score (nSPS) is 10.0. The topological polar surface area (TPSA) is 111 Å². The average Bonchev–Trinajstić information content (AvgIpc) is 3.10. The van der Waals surface area contributed by atoms with Crippen LogP contribution in [0, 0.1) is 10.1 Å². The number of amides is 2. The van der Waals surface area contributed by atoms with Crippen molar-refractivity contribution >= 4 is 28.8 Å². The van der Waals surface area contributed by atoms with Gasteiger partial charge in [-0.15, -0.1) is 0 Å². The number of hydrogen-bond donors (Lipinski definition) is 2. The molecule has 24 heavy (non-hydrogen) atoms. The number of hydrazine groups is 1. The Morgan fingerprint density at radius 1 is 1.17 bits per heavy atom. The van der Waals surface area contributed by atoms with Crippen LogP contribution in [0.5, 0.6) is 5.75 Å². The number of ether oxygens (including phenoxy) is 1. The molecule has 1 heterocycles. The number of nitrogens with one attached hydrogen (secondary N) is 2. The van der Waals surface area contributed by atoms with E-state index in [0.29, 0.717) is 6.42 Å². The van der Waals surface area contributed by atoms with Gasteiger partial charge in [0, 0.05) is 12.5 Å². The lowest BCUT2D eigenvalue weighted by molar-refractivity contribution is -0.385. The summed E-state index contributed by atoms with van der Waals surface area (Å²) in [6.07, 6.45) is 0.819. The molecule has 1 aromatic carbocycles. The summed E-state index contributed by atoms with van der Waals surface area (Å²) >= 11 is 1.55. The van der Waals surface area contributed by atoms with E-state index in [0.717, 1.165) is 5.56 Å². The van der Waals surface area contributed by atoms with Crippen molar-refractivity contribution < 1.29 is 19.2 Å². The van der Waals surface area contributed by atoms with Gasteiger partial charge in [0.1, 0.15) is 0 Å². The molecule has 8 nitrogen and oxygen atoms in total. The SMILES string of the molecule is O=C(CCc1ccsc1)NNC(=O)COc1ccccc1[N+](=O)[O-]. The summed E-state index contributed by atoms with van der Waals surface area (Å²) in [6.45, 7) is -0.449. The molecule has 0 saturated heterocycles. The number of nitro groups is 1. The van der Waals surface area contributed by atoms with Crippen molar-refractivity contribution in [2.75, 3.05) is 6.61 Å². The van der Waals surface area contributed by atoms with Gasteiger partial charge < -0.3 is 4.74 Å². The second-order valence-corrected chi connectivity index (χ2v) is 5.52. The summed E-state index contributed by atoms with van der Waals surface area (Å²) in [5.74, 6) is -0.960. The second kappa shape index (κ2) is 8.63. The van der Waals surface area contributed by atoms with Crippen molar-refractivity contribution in [2.45, 2.75) is 12.8 Å². The first-order valence-corrected chi connectivity index (χ1v) is 7.95. The van der Waals surface area contributed by atoms with Crippen molar-refractivity contribution in [3.63, 3.8) is 0 Å². The van der Waals surface area contributed by atoms with Crippen LogP contribution in [0.25, 0.3) is 0 Å². The highest BCUT2D eigenvalue weighted by Crippen LogP contribution is 2.25. The van der Waals surface area contributed by atoms with Crippen molar-refractivity contribution in [1.82, 2.24) is 10.9 Å². The van der Waals surface area contributed by atoms with E-state index in [9.17, 15) is 19.7 Å². The van der Waals surface area contributed by atoms with Gasteiger partial charge >= 0.3 is 5.69 Å². The maximum absolute atomic E-state index is 11.6. The summed E-state index contributed by atoms with van der Waals surface area (Å²) in [6, 6.07) is 7.66. The fraction of sp³-hybridized carbons (Fsp3) is 0.200. The molecule has 9 heteroatoms. The third-order valence-electron chi connectivity index (χ3n) is 2.98. The zero-order valence-corrected chi connectivity index (χ0v) is 13.4. The molecule has 0 aliphatic carbocycles. The van der Waals surface area contributed by atoms with E-state index in [1.807, 2.05) is 16.8 Å². The number of aryl methyl sites for hydroxylation is 1. The molecule has 2 amide bonds. The van der Waals surface area contributed by atoms with Gasteiger partial charge in [-0.25, -0.2) is 0 Å². The Hall–Kier alpha value is -2.94. The van der Waals surface area contributed by atoms with Gasteiger partial charge in [-0.2, -0.15) is 11.3 Å². The molecule has 0 bridgehead atoms. The van der Waals surface area contributed by atoms with Crippen LogP contribution >= 0.6 is 11.3 Å². The Morgan fingerprint density at radius 3 is 2.62 bits per heavy atom. The van der Waals surface area contributed by atoms with Crippen LogP contribution in [0.4, 0.5) is 5.69 Å². The first-order chi connectivity index (χ1) is 11.6. The van der Waals surface area contributed by atoms with Crippen molar-refractivity contribution in [2.24, 2.45) is 0 Å². The van der Waals surface area contributed by atoms with Crippen LogP contribution < -0.4 is 15.6 Å². The molecule has 2 aromatic rings. The van der Waals surface area contributed by atoms with Crippen molar-refractivity contribution in [3.8, 4) is 5.75 Å². The van der Waals surface area contributed by atoms with Gasteiger partial charge in [0.25, 0.3) is 5.91 Å². The van der Waals surface area contributed by atoms with Gasteiger partial charge in [-0.1, -0.05) is 12.1 Å². The first kappa shape index (κ1) is 17.4. The van der Waals surface area contributed by atoms with Crippen LogP contribution in [0.3, 0.4) is 0 Å². The monoisotopic (exact) mass is 349 g/mol. The molecule has 0 saturated carbocycles. The number of thiophene rings is 1. The zero-order chi connectivity index (χ0) is 17.4. The van der Waals surface area contributed by atoms with E-state index in [-0.39, 0.29) is 23.8 Å². The Bertz CT molecular complexity index is 718. The molecular weight excluding hydrogens is 334 g/mol. The van der Waals surface area contributed by atoms with Crippen LogP contribution in [0.15, 0.2) is 41.1 Å². The van der Waals surface area contributed by atoms with E-state index >= 15 is 0 Å². The van der Waals surface area contributed by atoms with Crippen molar-refractivity contribution in [3.05, 3.63) is 56.8 Å². The maximum Gasteiger partial charge on any atom is 0.310 e. The molecular formula is C15H15N3O5S. The Balaban J connectivity index is 1.71. The number of carbonyl (C=O) groups excluding carboxylic acids is 2. The van der Waals surface area contributed by atoms with E-state index in [1.165, 1.54) is 18.2 Å². The van der Waals surface area contributed by atoms with E-state index in [4.69, 9.17) is 4.74 Å². The second-order valence-electron chi connectivity index (χ2n) is 4.74. The lowest BCUT2D eigenvalue weighted by Gasteiger charge is -2.08. The molecule has 2 rings (SSSR count). The maximum atomic E-state index is 11.6. The Morgan fingerprint density at radius 2 is 1.92 bits per heavy atom. The van der Waals surface area contributed by atoms with E-state index < -0.39 is 17.4 Å². The number of nitro benzene ring substituents is 1. The quantitative estimate of drug-likeness (QED) is 0.585. The molecule has 0 spiro atoms. The summed E-state index contributed by atoms with van der Waals surface area (Å²) in [5, 5.41) is 14.7. The lowest BCUT2D eigenvalue weighted by Crippen LogP contribution is -2.43. The molecule has 0 fully saturated rings. The highest BCUT2D eigenvalue weighted by atomic mass is 32.1. The van der Waals surface area contributed by atoms with Crippen LogP contribution in [-0.4, -0.2) is 23.3 Å². The third-order valence-corrected chi connectivity index (χ3v) is 3.71. The molecule has 0 atom stereocenters. The molecule has 0 unspecified atom stereocenters. The zero-order valence-electron chi connectivity index (χ0n) is 12.6.